The zero-order valence-corrected chi connectivity index (χ0v) is 11.3. The Morgan fingerprint density at radius 1 is 1.29 bits per heavy atom. The molecule has 1 atom stereocenters. The number of carbonyl (C=O) groups is 1. The molecule has 0 radical (unpaired) electrons. The zero-order chi connectivity index (χ0) is 14.7. The Kier molecular flexibility index (Phi) is 3.75. The third-order valence-electron chi connectivity index (χ3n) is 3.26. The summed E-state index contributed by atoms with van der Waals surface area (Å²) < 4.78 is 10.4. The van der Waals surface area contributed by atoms with Gasteiger partial charge in [-0.15, -0.1) is 0 Å². The van der Waals surface area contributed by atoms with Crippen LogP contribution < -0.4 is 5.32 Å². The number of aliphatic hydroxyl groups excluding tert-OH is 1. The van der Waals surface area contributed by atoms with Crippen LogP contribution in [0.25, 0.3) is 11.0 Å². The van der Waals surface area contributed by atoms with Crippen LogP contribution in [0.15, 0.2) is 57.8 Å². The summed E-state index contributed by atoms with van der Waals surface area (Å²) in [5, 5.41) is 13.8. The number of para-hydroxylation sites is 1. The molecule has 0 unspecified atom stereocenters. The number of benzene rings is 1. The molecule has 1 amide bonds. The lowest BCUT2D eigenvalue weighted by atomic mass is 10.2. The van der Waals surface area contributed by atoms with E-state index in [9.17, 15) is 9.90 Å². The van der Waals surface area contributed by atoms with Gasteiger partial charge in [-0.05, 0) is 24.6 Å². The van der Waals surface area contributed by atoms with Crippen LogP contribution in [-0.4, -0.2) is 17.6 Å². The first-order valence-corrected chi connectivity index (χ1v) is 6.71. The van der Waals surface area contributed by atoms with Crippen molar-refractivity contribution in [1.29, 1.82) is 0 Å². The minimum Gasteiger partial charge on any atom is -0.472 e. The predicted octanol–water partition coefficient (Wildman–Crippen LogP) is 2.88. The molecule has 108 valence electrons. The van der Waals surface area contributed by atoms with E-state index in [1.165, 1.54) is 12.5 Å². The van der Waals surface area contributed by atoms with Crippen molar-refractivity contribution in [3.63, 3.8) is 0 Å². The molecule has 0 fully saturated rings. The lowest BCUT2D eigenvalue weighted by molar-refractivity contribution is 0.0936. The summed E-state index contributed by atoms with van der Waals surface area (Å²) >= 11 is 0. The quantitative estimate of drug-likeness (QED) is 0.755. The van der Waals surface area contributed by atoms with Crippen molar-refractivity contribution in [2.45, 2.75) is 12.5 Å². The Hall–Kier alpha value is -2.53. The topological polar surface area (TPSA) is 75.6 Å². The van der Waals surface area contributed by atoms with Crippen LogP contribution in [0.1, 0.15) is 28.6 Å². The van der Waals surface area contributed by atoms with Gasteiger partial charge in [-0.2, -0.15) is 0 Å². The summed E-state index contributed by atoms with van der Waals surface area (Å²) in [6, 6.07) is 11.0. The second-order valence-electron chi connectivity index (χ2n) is 4.76. The fourth-order valence-electron chi connectivity index (χ4n) is 2.13. The van der Waals surface area contributed by atoms with Crippen LogP contribution >= 0.6 is 0 Å². The van der Waals surface area contributed by atoms with Gasteiger partial charge in [0.1, 0.15) is 23.7 Å². The summed E-state index contributed by atoms with van der Waals surface area (Å²) in [6.45, 7) is 0.349. The third kappa shape index (κ3) is 2.98. The highest BCUT2D eigenvalue weighted by Gasteiger charge is 2.14. The fourth-order valence-corrected chi connectivity index (χ4v) is 2.13. The maximum Gasteiger partial charge on any atom is 0.254 e. The van der Waals surface area contributed by atoms with Crippen LogP contribution in [0.3, 0.4) is 0 Å². The summed E-state index contributed by atoms with van der Waals surface area (Å²) in [4.78, 5) is 11.7. The highest BCUT2D eigenvalue weighted by Crippen LogP contribution is 2.25. The summed E-state index contributed by atoms with van der Waals surface area (Å²) in [5.74, 6) is 0.286. The van der Waals surface area contributed by atoms with Gasteiger partial charge in [0.25, 0.3) is 5.91 Å². The molecule has 2 N–H and O–H groups in total. The number of furan rings is 2. The normalized spacial score (nSPS) is 12.4. The lowest BCUT2D eigenvalue weighted by Crippen LogP contribution is -2.25. The largest absolute Gasteiger partial charge is 0.472 e. The Labute approximate surface area is 121 Å². The molecule has 3 aromatic rings. The number of carbonyl (C=O) groups excluding carboxylic acids is 1. The highest BCUT2D eigenvalue weighted by atomic mass is 16.4. The standard InChI is InChI=1S/C16H15NO4/c18-13(5-7-17-16(19)12-6-8-20-10-12)15-9-11-3-1-2-4-14(11)21-15/h1-4,6,8-10,13,18H,5,7H2,(H,17,19)/t13-/m1/s1. The number of hydrogen-bond acceptors (Lipinski definition) is 4. The van der Waals surface area contributed by atoms with E-state index in [0.717, 1.165) is 11.0 Å². The molecule has 0 spiro atoms. The van der Waals surface area contributed by atoms with Crippen LogP contribution in [0, 0.1) is 0 Å². The van der Waals surface area contributed by atoms with Gasteiger partial charge in [-0.25, -0.2) is 0 Å². The Bertz CT molecular complexity index is 697. The summed E-state index contributed by atoms with van der Waals surface area (Å²) in [6.07, 6.45) is 2.45. The van der Waals surface area contributed by atoms with Crippen molar-refractivity contribution in [2.24, 2.45) is 0 Å². The van der Waals surface area contributed by atoms with Crippen LogP contribution in [0.4, 0.5) is 0 Å². The van der Waals surface area contributed by atoms with Crippen LogP contribution in [-0.2, 0) is 0 Å². The number of hydrogen-bond donors (Lipinski definition) is 2. The van der Waals surface area contributed by atoms with E-state index in [-0.39, 0.29) is 5.91 Å². The van der Waals surface area contributed by atoms with Crippen LogP contribution in [0.5, 0.6) is 0 Å². The molecule has 0 saturated carbocycles. The third-order valence-corrected chi connectivity index (χ3v) is 3.26. The van der Waals surface area contributed by atoms with E-state index in [1.54, 1.807) is 6.07 Å². The first-order chi connectivity index (χ1) is 10.2. The van der Waals surface area contributed by atoms with Gasteiger partial charge in [0, 0.05) is 11.9 Å². The predicted molar refractivity (Wildman–Crippen MR) is 76.8 cm³/mol. The molecule has 2 heterocycles. The van der Waals surface area contributed by atoms with Crippen LogP contribution in [0.2, 0.25) is 0 Å². The molecule has 5 nitrogen and oxygen atoms in total. The lowest BCUT2D eigenvalue weighted by Gasteiger charge is -2.08. The average molecular weight is 285 g/mol. The van der Waals surface area contributed by atoms with Crippen molar-refractivity contribution in [2.75, 3.05) is 6.54 Å². The van der Waals surface area contributed by atoms with E-state index in [0.29, 0.717) is 24.3 Å². The fraction of sp³-hybridized carbons (Fsp3) is 0.188. The molecule has 5 heteroatoms. The first kappa shape index (κ1) is 13.5. The van der Waals surface area contributed by atoms with Gasteiger partial charge in [0.05, 0.1) is 11.8 Å². The number of fused-ring (bicyclic) bond motifs is 1. The summed E-state index contributed by atoms with van der Waals surface area (Å²) in [5.41, 5.74) is 1.21. The molecular formula is C16H15NO4. The SMILES string of the molecule is O=C(NCC[C@@H](O)c1cc2ccccc2o1)c1ccoc1. The van der Waals surface area contributed by atoms with Gasteiger partial charge in [0.15, 0.2) is 0 Å². The van der Waals surface area contributed by atoms with Gasteiger partial charge in [-0.3, -0.25) is 4.79 Å². The Morgan fingerprint density at radius 2 is 2.14 bits per heavy atom. The molecule has 0 saturated heterocycles. The van der Waals surface area contributed by atoms with Gasteiger partial charge < -0.3 is 19.3 Å². The average Bonchev–Trinajstić information content (AvgIpc) is 3.16. The molecule has 0 aliphatic carbocycles. The number of nitrogens with one attached hydrogen (secondary N) is 1. The van der Waals surface area contributed by atoms with E-state index in [1.807, 2.05) is 30.3 Å². The smallest absolute Gasteiger partial charge is 0.254 e. The van der Waals surface area contributed by atoms with Gasteiger partial charge >= 0.3 is 0 Å². The maximum atomic E-state index is 11.7. The number of amides is 1. The number of aliphatic hydroxyl groups is 1. The second-order valence-corrected chi connectivity index (χ2v) is 4.76. The first-order valence-electron chi connectivity index (χ1n) is 6.71. The van der Waals surface area contributed by atoms with E-state index < -0.39 is 6.10 Å². The Morgan fingerprint density at radius 3 is 2.90 bits per heavy atom. The highest BCUT2D eigenvalue weighted by molar-refractivity contribution is 5.93. The number of rotatable bonds is 5. The van der Waals surface area contributed by atoms with Gasteiger partial charge in [0.2, 0.25) is 0 Å². The van der Waals surface area contributed by atoms with Crippen molar-refractivity contribution in [3.8, 4) is 0 Å². The van der Waals surface area contributed by atoms with E-state index >= 15 is 0 Å². The molecule has 0 bridgehead atoms. The van der Waals surface area contributed by atoms with Crippen molar-refractivity contribution < 1.29 is 18.7 Å². The monoisotopic (exact) mass is 285 g/mol. The zero-order valence-electron chi connectivity index (χ0n) is 11.3. The molecule has 1 aromatic carbocycles. The van der Waals surface area contributed by atoms with Crippen molar-refractivity contribution in [1.82, 2.24) is 5.32 Å². The second kappa shape index (κ2) is 5.85. The Balaban J connectivity index is 1.56. The summed E-state index contributed by atoms with van der Waals surface area (Å²) in [7, 11) is 0. The van der Waals surface area contributed by atoms with E-state index in [2.05, 4.69) is 5.32 Å². The molecular weight excluding hydrogens is 270 g/mol. The maximum absolute atomic E-state index is 11.7. The van der Waals surface area contributed by atoms with Crippen molar-refractivity contribution >= 4 is 16.9 Å². The van der Waals surface area contributed by atoms with Crippen molar-refractivity contribution in [3.05, 3.63) is 60.2 Å². The minimum absolute atomic E-state index is 0.222. The van der Waals surface area contributed by atoms with Gasteiger partial charge in [-0.1, -0.05) is 18.2 Å². The molecule has 0 aliphatic heterocycles. The minimum atomic E-state index is -0.748. The molecule has 0 aliphatic rings. The van der Waals surface area contributed by atoms with E-state index in [4.69, 9.17) is 8.83 Å². The molecule has 21 heavy (non-hydrogen) atoms. The molecule has 3 rings (SSSR count). The molecule has 2 aromatic heterocycles.